The molecule has 1 amide bonds. The first-order valence-electron chi connectivity index (χ1n) is 4.39. The van der Waals surface area contributed by atoms with Crippen LogP contribution >= 0.6 is 0 Å². The average Bonchev–Trinajstić information content (AvgIpc) is 2.58. The molecule has 1 saturated heterocycles. The number of nitriles is 1. The molecule has 0 N–H and O–H groups in total. The normalized spacial score (nSPS) is 15.5. The Bertz CT molecular complexity index is 476. The fraction of sp³-hybridized carbons (Fsp3) is 0.200. The van der Waals surface area contributed by atoms with Crippen molar-refractivity contribution >= 4 is 17.5 Å². The van der Waals surface area contributed by atoms with E-state index in [2.05, 4.69) is 4.98 Å². The third-order valence-corrected chi connectivity index (χ3v) is 2.14. The molecule has 5 heteroatoms. The van der Waals surface area contributed by atoms with E-state index in [0.29, 0.717) is 11.4 Å². The van der Waals surface area contributed by atoms with Gasteiger partial charge in [0.1, 0.15) is 5.82 Å². The van der Waals surface area contributed by atoms with Gasteiger partial charge in [-0.1, -0.05) is 0 Å². The van der Waals surface area contributed by atoms with Gasteiger partial charge in [0.2, 0.25) is 5.91 Å². The van der Waals surface area contributed by atoms with Crippen LogP contribution in [-0.4, -0.2) is 23.2 Å². The van der Waals surface area contributed by atoms with Crippen LogP contribution < -0.4 is 4.90 Å². The summed E-state index contributed by atoms with van der Waals surface area (Å²) in [6, 6.07) is 5.00. The quantitative estimate of drug-likeness (QED) is 0.611. The van der Waals surface area contributed by atoms with E-state index in [0.717, 1.165) is 0 Å². The zero-order valence-corrected chi connectivity index (χ0v) is 7.80. The second kappa shape index (κ2) is 3.50. The Kier molecular flexibility index (Phi) is 2.18. The van der Waals surface area contributed by atoms with Crippen LogP contribution in [-0.2, 0) is 9.59 Å². The monoisotopic (exact) mass is 201 g/mol. The molecule has 5 nitrogen and oxygen atoms in total. The molecule has 0 atom stereocenters. The van der Waals surface area contributed by atoms with Crippen molar-refractivity contribution in [3.63, 3.8) is 0 Å². The Balaban J connectivity index is 2.34. The lowest BCUT2D eigenvalue weighted by atomic mass is 10.3. The number of hydrogen-bond acceptors (Lipinski definition) is 4. The van der Waals surface area contributed by atoms with E-state index in [9.17, 15) is 9.59 Å². The Morgan fingerprint density at radius 3 is 2.87 bits per heavy atom. The minimum Gasteiger partial charge on any atom is -0.297 e. The fourth-order valence-electron chi connectivity index (χ4n) is 1.43. The second-order valence-electron chi connectivity index (χ2n) is 3.21. The number of nitrogens with zero attached hydrogens (tertiary/aromatic N) is 3. The van der Waals surface area contributed by atoms with E-state index in [-0.39, 0.29) is 24.7 Å². The van der Waals surface area contributed by atoms with Crippen LogP contribution in [0.2, 0.25) is 0 Å². The molecule has 1 aliphatic rings. The predicted molar refractivity (Wildman–Crippen MR) is 50.9 cm³/mol. The average molecular weight is 201 g/mol. The number of anilines is 1. The predicted octanol–water partition coefficient (Wildman–Crippen LogP) is 0.259. The number of rotatable bonds is 1. The van der Waals surface area contributed by atoms with Crippen LogP contribution in [0, 0.1) is 11.3 Å². The summed E-state index contributed by atoms with van der Waals surface area (Å²) in [4.78, 5) is 27.7. The van der Waals surface area contributed by atoms with Crippen molar-refractivity contribution in [3.8, 4) is 6.07 Å². The lowest BCUT2D eigenvalue weighted by molar-refractivity contribution is -0.121. The maximum Gasteiger partial charge on any atom is 0.236 e. The van der Waals surface area contributed by atoms with Crippen molar-refractivity contribution in [2.75, 3.05) is 11.4 Å². The molecular weight excluding hydrogens is 194 g/mol. The molecule has 0 bridgehead atoms. The summed E-state index contributed by atoms with van der Waals surface area (Å²) in [6.07, 6.45) is 1.38. The lowest BCUT2D eigenvalue weighted by Gasteiger charge is -2.12. The summed E-state index contributed by atoms with van der Waals surface area (Å²) in [7, 11) is 0. The number of Topliss-reactive ketones (excluding diaryl/α,β-unsaturated/α-hetero) is 1. The molecule has 0 spiro atoms. The summed E-state index contributed by atoms with van der Waals surface area (Å²) in [5.74, 6) is -0.0170. The van der Waals surface area contributed by atoms with Gasteiger partial charge in [0, 0.05) is 6.20 Å². The molecule has 0 unspecified atom stereocenters. The van der Waals surface area contributed by atoms with Gasteiger partial charge in [0.15, 0.2) is 5.78 Å². The van der Waals surface area contributed by atoms with Crippen LogP contribution in [0.4, 0.5) is 5.82 Å². The highest BCUT2D eigenvalue weighted by Gasteiger charge is 2.29. The zero-order chi connectivity index (χ0) is 10.8. The number of pyridine rings is 1. The van der Waals surface area contributed by atoms with Gasteiger partial charge in [0.05, 0.1) is 24.6 Å². The first-order valence-corrected chi connectivity index (χ1v) is 4.39. The maximum atomic E-state index is 11.4. The van der Waals surface area contributed by atoms with Gasteiger partial charge in [0.25, 0.3) is 0 Å². The minimum atomic E-state index is -0.261. The third kappa shape index (κ3) is 1.70. The molecule has 1 aromatic heterocycles. The van der Waals surface area contributed by atoms with Gasteiger partial charge in [-0.2, -0.15) is 5.26 Å². The third-order valence-electron chi connectivity index (χ3n) is 2.14. The summed E-state index contributed by atoms with van der Waals surface area (Å²) in [5, 5.41) is 8.67. The standard InChI is InChI=1S/C10H7N3O2/c11-5-7-1-2-12-9(3-7)13-6-8(14)4-10(13)15/h1-3H,4,6H2. The maximum absolute atomic E-state index is 11.4. The summed E-state index contributed by atoms with van der Waals surface area (Å²) >= 11 is 0. The van der Waals surface area contributed by atoms with E-state index in [4.69, 9.17) is 5.26 Å². The molecule has 0 radical (unpaired) electrons. The Hall–Kier alpha value is -2.22. The Morgan fingerprint density at radius 1 is 1.47 bits per heavy atom. The number of ketones is 1. The van der Waals surface area contributed by atoms with Crippen LogP contribution in [0.3, 0.4) is 0 Å². The molecule has 1 aliphatic heterocycles. The molecule has 0 aromatic carbocycles. The summed E-state index contributed by atoms with van der Waals surface area (Å²) in [5.41, 5.74) is 0.423. The number of amides is 1. The second-order valence-corrected chi connectivity index (χ2v) is 3.21. The van der Waals surface area contributed by atoms with Crippen molar-refractivity contribution in [1.29, 1.82) is 5.26 Å². The van der Waals surface area contributed by atoms with Crippen LogP contribution in [0.25, 0.3) is 0 Å². The largest absolute Gasteiger partial charge is 0.297 e. The number of aromatic nitrogens is 1. The first kappa shape index (κ1) is 9.34. The van der Waals surface area contributed by atoms with Crippen LogP contribution in [0.1, 0.15) is 12.0 Å². The molecule has 74 valence electrons. The van der Waals surface area contributed by atoms with Crippen molar-refractivity contribution in [3.05, 3.63) is 23.9 Å². The van der Waals surface area contributed by atoms with Crippen LogP contribution in [0.15, 0.2) is 18.3 Å². The Labute approximate surface area is 85.9 Å². The molecule has 0 saturated carbocycles. The fourth-order valence-corrected chi connectivity index (χ4v) is 1.43. The number of carbonyl (C=O) groups is 2. The van der Waals surface area contributed by atoms with Gasteiger partial charge >= 0.3 is 0 Å². The molecule has 1 fully saturated rings. The van der Waals surface area contributed by atoms with Gasteiger partial charge in [-0.25, -0.2) is 4.98 Å². The molecule has 15 heavy (non-hydrogen) atoms. The van der Waals surface area contributed by atoms with E-state index in [1.54, 1.807) is 6.07 Å². The van der Waals surface area contributed by atoms with Crippen molar-refractivity contribution in [2.24, 2.45) is 0 Å². The molecule has 2 heterocycles. The highest BCUT2D eigenvalue weighted by molar-refractivity contribution is 6.14. The minimum absolute atomic E-state index is 0.0563. The van der Waals surface area contributed by atoms with Gasteiger partial charge in [-0.3, -0.25) is 14.5 Å². The smallest absolute Gasteiger partial charge is 0.236 e. The lowest BCUT2D eigenvalue weighted by Crippen LogP contribution is -2.25. The van der Waals surface area contributed by atoms with Crippen molar-refractivity contribution < 1.29 is 9.59 Å². The van der Waals surface area contributed by atoms with E-state index in [1.807, 2.05) is 6.07 Å². The van der Waals surface area contributed by atoms with E-state index >= 15 is 0 Å². The van der Waals surface area contributed by atoms with Crippen molar-refractivity contribution in [2.45, 2.75) is 6.42 Å². The first-order chi connectivity index (χ1) is 7.20. The van der Waals surface area contributed by atoms with E-state index < -0.39 is 0 Å². The number of hydrogen-bond donors (Lipinski definition) is 0. The summed E-state index contributed by atoms with van der Waals surface area (Å²) < 4.78 is 0. The molecular formula is C10H7N3O2. The SMILES string of the molecule is N#Cc1ccnc(N2CC(=O)CC2=O)c1. The zero-order valence-electron chi connectivity index (χ0n) is 7.80. The van der Waals surface area contributed by atoms with Gasteiger partial charge in [-0.05, 0) is 12.1 Å². The topological polar surface area (TPSA) is 74.1 Å². The number of carbonyl (C=O) groups excluding carboxylic acids is 2. The molecule has 2 rings (SSSR count). The van der Waals surface area contributed by atoms with Gasteiger partial charge in [-0.15, -0.1) is 0 Å². The van der Waals surface area contributed by atoms with Gasteiger partial charge < -0.3 is 0 Å². The Morgan fingerprint density at radius 2 is 2.27 bits per heavy atom. The molecule has 0 aliphatic carbocycles. The molecule has 1 aromatic rings. The van der Waals surface area contributed by atoms with Crippen LogP contribution in [0.5, 0.6) is 0 Å². The van der Waals surface area contributed by atoms with Crippen molar-refractivity contribution in [1.82, 2.24) is 4.98 Å². The highest BCUT2D eigenvalue weighted by atomic mass is 16.2. The van der Waals surface area contributed by atoms with E-state index in [1.165, 1.54) is 17.2 Å². The highest BCUT2D eigenvalue weighted by Crippen LogP contribution is 2.17. The summed E-state index contributed by atoms with van der Waals surface area (Å²) in [6.45, 7) is 0.0563.